The molecule has 0 aliphatic carbocycles. The SMILES string of the molecule is CCCCC(CC)Cn1sccc1=O. The summed E-state index contributed by atoms with van der Waals surface area (Å²) in [5.41, 5.74) is 0.157. The third-order valence-electron chi connectivity index (χ3n) is 2.61. The maximum atomic E-state index is 11.3. The molecule has 0 aliphatic rings. The van der Waals surface area contributed by atoms with Gasteiger partial charge in [0.05, 0.1) is 0 Å². The minimum Gasteiger partial charge on any atom is -0.268 e. The van der Waals surface area contributed by atoms with Crippen LogP contribution in [0.3, 0.4) is 0 Å². The summed E-state index contributed by atoms with van der Waals surface area (Å²) in [6, 6.07) is 1.65. The molecular formula is C11H19NOS. The predicted molar refractivity (Wildman–Crippen MR) is 61.9 cm³/mol. The lowest BCUT2D eigenvalue weighted by molar-refractivity contribution is 0.399. The molecule has 0 saturated heterocycles. The minimum atomic E-state index is 0.157. The molecule has 14 heavy (non-hydrogen) atoms. The Kier molecular flexibility index (Phi) is 4.94. The van der Waals surface area contributed by atoms with Crippen LogP contribution in [0, 0.1) is 5.92 Å². The Balaban J connectivity index is 2.48. The topological polar surface area (TPSA) is 22.0 Å². The van der Waals surface area contributed by atoms with E-state index < -0.39 is 0 Å². The molecule has 3 heteroatoms. The molecule has 80 valence electrons. The van der Waals surface area contributed by atoms with Crippen LogP contribution in [0.2, 0.25) is 0 Å². The first kappa shape index (κ1) is 11.5. The first-order chi connectivity index (χ1) is 6.77. The molecule has 1 rings (SSSR count). The van der Waals surface area contributed by atoms with Gasteiger partial charge in [0.25, 0.3) is 5.56 Å². The van der Waals surface area contributed by atoms with Gasteiger partial charge in [-0.2, -0.15) is 0 Å². The summed E-state index contributed by atoms with van der Waals surface area (Å²) >= 11 is 1.53. The van der Waals surface area contributed by atoms with Crippen LogP contribution < -0.4 is 5.56 Å². The van der Waals surface area contributed by atoms with Gasteiger partial charge in [-0.3, -0.25) is 8.75 Å². The van der Waals surface area contributed by atoms with Crippen molar-refractivity contribution >= 4 is 11.5 Å². The molecule has 0 bridgehead atoms. The van der Waals surface area contributed by atoms with Gasteiger partial charge >= 0.3 is 0 Å². The molecule has 0 spiro atoms. The van der Waals surface area contributed by atoms with Crippen LogP contribution in [-0.2, 0) is 6.54 Å². The van der Waals surface area contributed by atoms with Crippen molar-refractivity contribution in [2.45, 2.75) is 46.1 Å². The van der Waals surface area contributed by atoms with Gasteiger partial charge in [0.2, 0.25) is 0 Å². The summed E-state index contributed by atoms with van der Waals surface area (Å²) < 4.78 is 1.86. The second-order valence-electron chi connectivity index (χ2n) is 3.72. The lowest BCUT2D eigenvalue weighted by atomic mass is 10.00. The summed E-state index contributed by atoms with van der Waals surface area (Å²) in [5, 5.41) is 1.87. The highest BCUT2D eigenvalue weighted by Gasteiger charge is 2.08. The molecule has 0 saturated carbocycles. The number of nitrogens with zero attached hydrogens (tertiary/aromatic N) is 1. The first-order valence-corrected chi connectivity index (χ1v) is 6.26. The Bertz CT molecular complexity index is 302. The number of rotatable bonds is 6. The standard InChI is InChI=1S/C11H19NOS/c1-3-5-6-10(4-2)9-12-11(13)7-8-14-12/h7-8,10H,3-6,9H2,1-2H3. The van der Waals surface area contributed by atoms with Crippen molar-refractivity contribution in [2.24, 2.45) is 5.92 Å². The van der Waals surface area contributed by atoms with Crippen molar-refractivity contribution in [3.05, 3.63) is 21.8 Å². The zero-order chi connectivity index (χ0) is 10.4. The fourth-order valence-electron chi connectivity index (χ4n) is 1.58. The average molecular weight is 213 g/mol. The van der Waals surface area contributed by atoms with Gasteiger partial charge in [0, 0.05) is 18.0 Å². The highest BCUT2D eigenvalue weighted by atomic mass is 32.1. The smallest absolute Gasteiger partial charge is 0.260 e. The third kappa shape index (κ3) is 3.29. The molecule has 0 radical (unpaired) electrons. The van der Waals surface area contributed by atoms with Gasteiger partial charge in [-0.05, 0) is 12.3 Å². The zero-order valence-corrected chi connectivity index (χ0v) is 9.85. The van der Waals surface area contributed by atoms with E-state index >= 15 is 0 Å². The number of aromatic nitrogens is 1. The molecule has 1 heterocycles. The highest BCUT2D eigenvalue weighted by Crippen LogP contribution is 2.15. The van der Waals surface area contributed by atoms with E-state index in [0.29, 0.717) is 5.92 Å². The van der Waals surface area contributed by atoms with Gasteiger partial charge in [-0.1, -0.05) is 44.6 Å². The van der Waals surface area contributed by atoms with E-state index in [-0.39, 0.29) is 5.56 Å². The molecule has 1 aromatic heterocycles. The number of hydrogen-bond acceptors (Lipinski definition) is 2. The average Bonchev–Trinajstić information content (AvgIpc) is 2.59. The van der Waals surface area contributed by atoms with Crippen molar-refractivity contribution in [2.75, 3.05) is 0 Å². The Morgan fingerprint density at radius 3 is 2.79 bits per heavy atom. The Labute approximate surface area is 89.7 Å². The van der Waals surface area contributed by atoms with E-state index in [1.165, 1.54) is 37.2 Å². The van der Waals surface area contributed by atoms with Crippen LogP contribution in [0.25, 0.3) is 0 Å². The lowest BCUT2D eigenvalue weighted by Gasteiger charge is -2.13. The van der Waals surface area contributed by atoms with Crippen LogP contribution in [0.1, 0.15) is 39.5 Å². The van der Waals surface area contributed by atoms with E-state index in [1.54, 1.807) is 6.07 Å². The van der Waals surface area contributed by atoms with Crippen molar-refractivity contribution < 1.29 is 0 Å². The molecule has 0 aliphatic heterocycles. The first-order valence-electron chi connectivity index (χ1n) is 5.42. The van der Waals surface area contributed by atoms with Crippen LogP contribution in [0.15, 0.2) is 16.2 Å². The summed E-state index contributed by atoms with van der Waals surface area (Å²) in [5.74, 6) is 0.672. The maximum Gasteiger partial charge on any atom is 0.260 e. The van der Waals surface area contributed by atoms with Gasteiger partial charge in [0.1, 0.15) is 0 Å². The molecule has 1 atom stereocenters. The third-order valence-corrected chi connectivity index (χ3v) is 3.45. The normalized spacial score (nSPS) is 13.0. The predicted octanol–water partition coefficient (Wildman–Crippen LogP) is 3.13. The maximum absolute atomic E-state index is 11.3. The van der Waals surface area contributed by atoms with Crippen molar-refractivity contribution in [1.29, 1.82) is 0 Å². The fourth-order valence-corrected chi connectivity index (χ4v) is 2.37. The van der Waals surface area contributed by atoms with Crippen molar-refractivity contribution in [3.8, 4) is 0 Å². The van der Waals surface area contributed by atoms with Crippen LogP contribution in [-0.4, -0.2) is 3.96 Å². The highest BCUT2D eigenvalue weighted by molar-refractivity contribution is 7.04. The van der Waals surface area contributed by atoms with Crippen molar-refractivity contribution in [1.82, 2.24) is 3.96 Å². The van der Waals surface area contributed by atoms with Gasteiger partial charge in [-0.15, -0.1) is 0 Å². The van der Waals surface area contributed by atoms with Gasteiger partial charge < -0.3 is 0 Å². The van der Waals surface area contributed by atoms with E-state index in [2.05, 4.69) is 13.8 Å². The summed E-state index contributed by atoms with van der Waals surface area (Å²) in [7, 11) is 0. The van der Waals surface area contributed by atoms with E-state index in [0.717, 1.165) is 6.54 Å². The van der Waals surface area contributed by atoms with E-state index in [1.807, 2.05) is 9.34 Å². The fraction of sp³-hybridized carbons (Fsp3) is 0.727. The quantitative estimate of drug-likeness (QED) is 0.711. The van der Waals surface area contributed by atoms with E-state index in [9.17, 15) is 4.79 Å². The lowest BCUT2D eigenvalue weighted by Crippen LogP contribution is -2.17. The van der Waals surface area contributed by atoms with Crippen LogP contribution >= 0.6 is 11.5 Å². The second-order valence-corrected chi connectivity index (χ2v) is 4.65. The van der Waals surface area contributed by atoms with Gasteiger partial charge in [-0.25, -0.2) is 0 Å². The molecule has 0 aromatic carbocycles. The second kappa shape index (κ2) is 6.02. The Hall–Kier alpha value is -0.570. The van der Waals surface area contributed by atoms with Crippen molar-refractivity contribution in [3.63, 3.8) is 0 Å². The van der Waals surface area contributed by atoms with Crippen LogP contribution in [0.4, 0.5) is 0 Å². The molecule has 1 aromatic rings. The number of unbranched alkanes of at least 4 members (excludes halogenated alkanes) is 1. The molecule has 0 fully saturated rings. The summed E-state index contributed by atoms with van der Waals surface area (Å²) in [6.07, 6.45) is 4.94. The zero-order valence-electron chi connectivity index (χ0n) is 9.03. The molecular weight excluding hydrogens is 194 g/mol. The molecule has 2 nitrogen and oxygen atoms in total. The van der Waals surface area contributed by atoms with E-state index in [4.69, 9.17) is 0 Å². The summed E-state index contributed by atoms with van der Waals surface area (Å²) in [6.45, 7) is 5.33. The monoisotopic (exact) mass is 213 g/mol. The van der Waals surface area contributed by atoms with Crippen LogP contribution in [0.5, 0.6) is 0 Å². The molecule has 1 unspecified atom stereocenters. The summed E-state index contributed by atoms with van der Waals surface area (Å²) in [4.78, 5) is 11.3. The molecule has 0 amide bonds. The number of hydrogen-bond donors (Lipinski definition) is 0. The van der Waals surface area contributed by atoms with Gasteiger partial charge in [0.15, 0.2) is 0 Å². The minimum absolute atomic E-state index is 0.157. The molecule has 0 N–H and O–H groups in total. The Morgan fingerprint density at radius 1 is 1.50 bits per heavy atom. The largest absolute Gasteiger partial charge is 0.268 e. The Morgan fingerprint density at radius 2 is 2.29 bits per heavy atom.